The maximum Gasteiger partial charge on any atom is 0.407 e. The van der Waals surface area contributed by atoms with Crippen molar-refractivity contribution in [1.29, 1.82) is 0 Å². The fourth-order valence-corrected chi connectivity index (χ4v) is 2.20. The number of nitrogens with one attached hydrogen (secondary N) is 2. The first-order valence-electron chi connectivity index (χ1n) is 7.91. The summed E-state index contributed by atoms with van der Waals surface area (Å²) in [6.07, 6.45) is 3.46. The molecule has 0 saturated heterocycles. The highest BCUT2D eigenvalue weighted by Gasteiger charge is 2.15. The minimum absolute atomic E-state index is 0.137. The minimum atomic E-state index is -0.533. The number of aromatic nitrogens is 2. The number of ether oxygens (including phenoxy) is 1. The van der Waals surface area contributed by atoms with Crippen LogP contribution in [0.25, 0.3) is 5.65 Å². The Morgan fingerprint density at radius 3 is 2.62 bits per heavy atom. The Labute approximate surface area is 141 Å². The highest BCUT2D eigenvalue weighted by Crippen LogP contribution is 2.10. The SMILES string of the molecule is Cc1cccn2cc(CC(=O)NCCNC(=O)OC(C)(C)C)nc12. The predicted octanol–water partition coefficient (Wildman–Crippen LogP) is 1.83. The van der Waals surface area contributed by atoms with E-state index in [2.05, 4.69) is 15.6 Å². The molecule has 0 spiro atoms. The number of nitrogens with zero attached hydrogens (tertiary/aromatic N) is 2. The number of alkyl carbamates (subject to hydrolysis) is 1. The average molecular weight is 332 g/mol. The minimum Gasteiger partial charge on any atom is -0.444 e. The fourth-order valence-electron chi connectivity index (χ4n) is 2.20. The van der Waals surface area contributed by atoms with Gasteiger partial charge in [0.2, 0.25) is 5.91 Å². The van der Waals surface area contributed by atoms with Crippen LogP contribution in [0.3, 0.4) is 0 Å². The molecule has 0 radical (unpaired) electrons. The summed E-state index contributed by atoms with van der Waals surface area (Å²) < 4.78 is 7.01. The van der Waals surface area contributed by atoms with E-state index < -0.39 is 11.7 Å². The Morgan fingerprint density at radius 2 is 1.96 bits per heavy atom. The quantitative estimate of drug-likeness (QED) is 0.818. The molecule has 2 amide bonds. The number of amides is 2. The Hall–Kier alpha value is -2.57. The van der Waals surface area contributed by atoms with Gasteiger partial charge in [-0.15, -0.1) is 0 Å². The zero-order chi connectivity index (χ0) is 17.7. The standard InChI is InChI=1S/C17H24N4O3/c1-12-6-5-9-21-11-13(20-15(12)21)10-14(22)18-7-8-19-16(23)24-17(2,3)4/h5-6,9,11H,7-8,10H2,1-4H3,(H,18,22)(H,19,23). The first-order valence-corrected chi connectivity index (χ1v) is 7.91. The molecule has 24 heavy (non-hydrogen) atoms. The third-order valence-corrected chi connectivity index (χ3v) is 3.18. The number of hydrogen-bond donors (Lipinski definition) is 2. The van der Waals surface area contributed by atoms with Crippen molar-refractivity contribution in [2.75, 3.05) is 13.1 Å². The summed E-state index contributed by atoms with van der Waals surface area (Å²) in [7, 11) is 0. The van der Waals surface area contributed by atoms with E-state index in [9.17, 15) is 9.59 Å². The van der Waals surface area contributed by atoms with Gasteiger partial charge in [-0.25, -0.2) is 9.78 Å². The third kappa shape index (κ3) is 5.26. The van der Waals surface area contributed by atoms with Crippen molar-refractivity contribution in [1.82, 2.24) is 20.0 Å². The van der Waals surface area contributed by atoms with Crippen LogP contribution < -0.4 is 10.6 Å². The van der Waals surface area contributed by atoms with E-state index in [0.717, 1.165) is 11.2 Å². The molecule has 2 aromatic heterocycles. The number of carbonyl (C=O) groups is 2. The molecule has 2 N–H and O–H groups in total. The lowest BCUT2D eigenvalue weighted by Crippen LogP contribution is -2.38. The normalized spacial score (nSPS) is 11.3. The molecule has 0 atom stereocenters. The van der Waals surface area contributed by atoms with Crippen LogP contribution in [0.4, 0.5) is 4.79 Å². The van der Waals surface area contributed by atoms with E-state index in [1.807, 2.05) is 35.9 Å². The molecule has 2 heterocycles. The molecule has 0 aromatic carbocycles. The van der Waals surface area contributed by atoms with Gasteiger partial charge >= 0.3 is 6.09 Å². The molecule has 7 heteroatoms. The zero-order valence-electron chi connectivity index (χ0n) is 14.5. The molecular formula is C17H24N4O3. The van der Waals surface area contributed by atoms with E-state index in [0.29, 0.717) is 18.8 Å². The highest BCUT2D eigenvalue weighted by molar-refractivity contribution is 5.78. The Bertz CT molecular complexity index is 731. The summed E-state index contributed by atoms with van der Waals surface area (Å²) >= 11 is 0. The maximum absolute atomic E-state index is 11.9. The molecule has 2 rings (SSSR count). The van der Waals surface area contributed by atoms with Crippen molar-refractivity contribution < 1.29 is 14.3 Å². The number of pyridine rings is 1. The molecule has 0 saturated carbocycles. The van der Waals surface area contributed by atoms with Gasteiger partial charge in [0.15, 0.2) is 0 Å². The lowest BCUT2D eigenvalue weighted by Gasteiger charge is -2.19. The number of hydrogen-bond acceptors (Lipinski definition) is 4. The first kappa shape index (κ1) is 17.8. The van der Waals surface area contributed by atoms with Crippen LogP contribution in [-0.4, -0.2) is 40.1 Å². The van der Waals surface area contributed by atoms with Gasteiger partial charge in [-0.05, 0) is 39.3 Å². The van der Waals surface area contributed by atoms with E-state index in [1.54, 1.807) is 20.8 Å². The van der Waals surface area contributed by atoms with Crippen molar-refractivity contribution in [3.05, 3.63) is 35.8 Å². The van der Waals surface area contributed by atoms with Crippen LogP contribution >= 0.6 is 0 Å². The average Bonchev–Trinajstić information content (AvgIpc) is 2.85. The van der Waals surface area contributed by atoms with Gasteiger partial charge in [-0.3, -0.25) is 4.79 Å². The molecule has 0 bridgehead atoms. The number of carbonyl (C=O) groups excluding carboxylic acids is 2. The smallest absolute Gasteiger partial charge is 0.407 e. The second-order valence-electron chi connectivity index (χ2n) is 6.61. The number of fused-ring (bicyclic) bond motifs is 1. The summed E-state index contributed by atoms with van der Waals surface area (Å²) in [5.41, 5.74) is 2.09. The van der Waals surface area contributed by atoms with Crippen LogP contribution in [-0.2, 0) is 16.0 Å². The monoisotopic (exact) mass is 332 g/mol. The lowest BCUT2D eigenvalue weighted by molar-refractivity contribution is -0.120. The fraction of sp³-hybridized carbons (Fsp3) is 0.471. The first-order chi connectivity index (χ1) is 11.2. The molecule has 130 valence electrons. The topological polar surface area (TPSA) is 84.7 Å². The number of imidazole rings is 1. The molecule has 0 aliphatic rings. The van der Waals surface area contributed by atoms with Gasteiger partial charge in [0.25, 0.3) is 0 Å². The van der Waals surface area contributed by atoms with Crippen LogP contribution in [0.5, 0.6) is 0 Å². The highest BCUT2D eigenvalue weighted by atomic mass is 16.6. The van der Waals surface area contributed by atoms with E-state index >= 15 is 0 Å². The van der Waals surface area contributed by atoms with Gasteiger partial charge in [-0.1, -0.05) is 6.07 Å². The zero-order valence-corrected chi connectivity index (χ0v) is 14.5. The summed E-state index contributed by atoms with van der Waals surface area (Å²) in [6, 6.07) is 3.92. The van der Waals surface area contributed by atoms with E-state index in [1.165, 1.54) is 0 Å². The van der Waals surface area contributed by atoms with Crippen LogP contribution in [0.15, 0.2) is 24.5 Å². The molecule has 7 nitrogen and oxygen atoms in total. The van der Waals surface area contributed by atoms with Crippen LogP contribution in [0, 0.1) is 6.92 Å². The van der Waals surface area contributed by atoms with Gasteiger partial charge in [0.1, 0.15) is 11.2 Å². The molecule has 2 aromatic rings. The molecule has 0 unspecified atom stereocenters. The maximum atomic E-state index is 11.9. The Kier molecular flexibility index (Phi) is 5.43. The Morgan fingerprint density at radius 1 is 1.25 bits per heavy atom. The molecule has 0 aliphatic carbocycles. The second kappa shape index (κ2) is 7.33. The second-order valence-corrected chi connectivity index (χ2v) is 6.61. The van der Waals surface area contributed by atoms with Crippen molar-refractivity contribution in [3.63, 3.8) is 0 Å². The third-order valence-electron chi connectivity index (χ3n) is 3.18. The largest absolute Gasteiger partial charge is 0.444 e. The Balaban J connectivity index is 1.75. The van der Waals surface area contributed by atoms with Gasteiger partial charge in [0, 0.05) is 25.5 Å². The van der Waals surface area contributed by atoms with Crippen molar-refractivity contribution in [2.24, 2.45) is 0 Å². The predicted molar refractivity (Wildman–Crippen MR) is 90.9 cm³/mol. The summed E-state index contributed by atoms with van der Waals surface area (Å²) in [4.78, 5) is 27.9. The van der Waals surface area contributed by atoms with Crippen molar-refractivity contribution in [3.8, 4) is 0 Å². The van der Waals surface area contributed by atoms with Crippen molar-refractivity contribution >= 4 is 17.6 Å². The molecule has 0 fully saturated rings. The molecule has 0 aliphatic heterocycles. The van der Waals surface area contributed by atoms with Gasteiger partial charge < -0.3 is 19.8 Å². The van der Waals surface area contributed by atoms with Gasteiger partial charge in [0.05, 0.1) is 12.1 Å². The van der Waals surface area contributed by atoms with Crippen molar-refractivity contribution in [2.45, 2.75) is 39.7 Å². The van der Waals surface area contributed by atoms with Gasteiger partial charge in [-0.2, -0.15) is 0 Å². The van der Waals surface area contributed by atoms with Crippen LogP contribution in [0.2, 0.25) is 0 Å². The summed E-state index contributed by atoms with van der Waals surface area (Å²) in [5, 5.41) is 5.34. The van der Waals surface area contributed by atoms with E-state index in [-0.39, 0.29) is 12.3 Å². The summed E-state index contributed by atoms with van der Waals surface area (Å²) in [6.45, 7) is 8.02. The summed E-state index contributed by atoms with van der Waals surface area (Å²) in [5.74, 6) is -0.137. The van der Waals surface area contributed by atoms with Crippen LogP contribution in [0.1, 0.15) is 32.0 Å². The van der Waals surface area contributed by atoms with E-state index in [4.69, 9.17) is 4.74 Å². The number of aryl methyl sites for hydroxylation is 1. The number of rotatable bonds is 5. The molecular weight excluding hydrogens is 308 g/mol. The lowest BCUT2D eigenvalue weighted by atomic mass is 10.2.